The molecule has 27 heavy (non-hydrogen) atoms. The minimum atomic E-state index is -0.629. The van der Waals surface area contributed by atoms with Crippen LogP contribution in [0.15, 0.2) is 48.5 Å². The maximum atomic E-state index is 12.3. The number of para-hydroxylation sites is 1. The van der Waals surface area contributed by atoms with Crippen molar-refractivity contribution in [3.8, 4) is 5.69 Å². The predicted molar refractivity (Wildman–Crippen MR) is 102 cm³/mol. The molecule has 140 valence electrons. The molecule has 0 saturated heterocycles. The van der Waals surface area contributed by atoms with Crippen LogP contribution in [-0.2, 0) is 9.47 Å². The van der Waals surface area contributed by atoms with Crippen LogP contribution in [0.4, 0.5) is 10.6 Å². The predicted octanol–water partition coefficient (Wildman–Crippen LogP) is 4.16. The number of ether oxygens (including phenoxy) is 2. The molecule has 7 heteroatoms. The van der Waals surface area contributed by atoms with E-state index in [9.17, 15) is 9.59 Å². The number of hydrogen-bond donors (Lipinski definition) is 1. The van der Waals surface area contributed by atoms with Gasteiger partial charge in [0.15, 0.2) is 0 Å². The summed E-state index contributed by atoms with van der Waals surface area (Å²) in [5, 5.41) is 8.00. The van der Waals surface area contributed by atoms with Crippen molar-refractivity contribution < 1.29 is 19.1 Å². The van der Waals surface area contributed by atoms with Crippen LogP contribution in [0.5, 0.6) is 0 Å². The largest absolute Gasteiger partial charge is 0.465 e. The Morgan fingerprint density at radius 3 is 2.41 bits per heavy atom. The van der Waals surface area contributed by atoms with Crippen molar-refractivity contribution in [1.29, 1.82) is 0 Å². The van der Waals surface area contributed by atoms with Crippen molar-refractivity contribution >= 4 is 28.8 Å². The van der Waals surface area contributed by atoms with Crippen molar-refractivity contribution in [2.24, 2.45) is 0 Å². The Hall–Kier alpha value is -3.35. The van der Waals surface area contributed by atoms with Gasteiger partial charge in [0.2, 0.25) is 0 Å². The second kappa shape index (κ2) is 7.11. The smallest absolute Gasteiger partial charge is 0.413 e. The number of anilines is 1. The third-order valence-corrected chi connectivity index (χ3v) is 3.71. The highest BCUT2D eigenvalue weighted by Gasteiger charge is 2.21. The SMILES string of the molecule is COC(=O)c1ccc2c(NC(=O)OC(C)(C)C)n(-c3ccccc3)nc2c1. The molecule has 3 aromatic rings. The van der Waals surface area contributed by atoms with Gasteiger partial charge in [0, 0.05) is 5.39 Å². The molecule has 0 bridgehead atoms. The Labute approximate surface area is 156 Å². The molecule has 2 aromatic carbocycles. The monoisotopic (exact) mass is 367 g/mol. The molecule has 0 unspecified atom stereocenters. The average Bonchev–Trinajstić information content (AvgIpc) is 2.97. The third-order valence-electron chi connectivity index (χ3n) is 3.71. The van der Waals surface area contributed by atoms with Crippen molar-refractivity contribution in [3.05, 3.63) is 54.1 Å². The summed E-state index contributed by atoms with van der Waals surface area (Å²) in [6.45, 7) is 5.38. The quantitative estimate of drug-likeness (QED) is 0.703. The van der Waals surface area contributed by atoms with Crippen LogP contribution < -0.4 is 5.32 Å². The highest BCUT2D eigenvalue weighted by Crippen LogP contribution is 2.28. The number of fused-ring (bicyclic) bond motifs is 1. The Kier molecular flexibility index (Phi) is 4.85. The van der Waals surface area contributed by atoms with Crippen LogP contribution in [-0.4, -0.2) is 34.6 Å². The van der Waals surface area contributed by atoms with E-state index in [2.05, 4.69) is 10.4 Å². The Morgan fingerprint density at radius 1 is 1.07 bits per heavy atom. The molecule has 3 rings (SSSR count). The number of benzene rings is 2. The van der Waals surface area contributed by atoms with Gasteiger partial charge in [0.25, 0.3) is 0 Å². The highest BCUT2D eigenvalue weighted by atomic mass is 16.6. The minimum absolute atomic E-state index is 0.381. The molecule has 1 amide bonds. The van der Waals surface area contributed by atoms with Gasteiger partial charge in [-0.05, 0) is 51.1 Å². The van der Waals surface area contributed by atoms with Gasteiger partial charge < -0.3 is 9.47 Å². The Balaban J connectivity index is 2.10. The summed E-state index contributed by atoms with van der Waals surface area (Å²) >= 11 is 0. The molecular formula is C20H21N3O4. The van der Waals surface area contributed by atoms with E-state index in [0.29, 0.717) is 22.3 Å². The van der Waals surface area contributed by atoms with E-state index in [1.54, 1.807) is 43.7 Å². The molecule has 1 aromatic heterocycles. The molecule has 0 atom stereocenters. The molecule has 1 N–H and O–H groups in total. The molecule has 0 radical (unpaired) electrons. The number of amides is 1. The zero-order valence-corrected chi connectivity index (χ0v) is 15.6. The Bertz CT molecular complexity index is 988. The maximum Gasteiger partial charge on any atom is 0.413 e. The van der Waals surface area contributed by atoms with Crippen LogP contribution in [0.1, 0.15) is 31.1 Å². The summed E-state index contributed by atoms with van der Waals surface area (Å²) in [7, 11) is 1.32. The van der Waals surface area contributed by atoms with E-state index in [0.717, 1.165) is 5.69 Å². The van der Waals surface area contributed by atoms with E-state index in [-0.39, 0.29) is 0 Å². The summed E-state index contributed by atoms with van der Waals surface area (Å²) in [4.78, 5) is 24.1. The molecule has 7 nitrogen and oxygen atoms in total. The number of esters is 1. The topological polar surface area (TPSA) is 82.5 Å². The molecule has 0 aliphatic heterocycles. The van der Waals surface area contributed by atoms with E-state index >= 15 is 0 Å². The van der Waals surface area contributed by atoms with Crippen LogP contribution >= 0.6 is 0 Å². The molecule has 0 aliphatic carbocycles. The average molecular weight is 367 g/mol. The first-order valence-corrected chi connectivity index (χ1v) is 8.45. The fourth-order valence-electron chi connectivity index (χ4n) is 2.61. The standard InChI is InChI=1S/C20H21N3O4/c1-20(2,3)27-19(25)21-17-15-11-10-13(18(24)26-4)12-16(15)22-23(17)14-8-6-5-7-9-14/h5-12H,1-4H3,(H,21,25). The number of hydrogen-bond acceptors (Lipinski definition) is 5. The summed E-state index contributed by atoms with van der Waals surface area (Å²) in [5.74, 6) is 0.00896. The van der Waals surface area contributed by atoms with Crippen molar-refractivity contribution in [3.63, 3.8) is 0 Å². The van der Waals surface area contributed by atoms with E-state index in [1.165, 1.54) is 7.11 Å². The number of methoxy groups -OCH3 is 1. The lowest BCUT2D eigenvalue weighted by molar-refractivity contribution is 0.0598. The number of rotatable bonds is 3. The number of carbonyl (C=O) groups is 2. The van der Waals surface area contributed by atoms with Gasteiger partial charge in [-0.3, -0.25) is 5.32 Å². The van der Waals surface area contributed by atoms with Gasteiger partial charge in [0.1, 0.15) is 11.4 Å². The lowest BCUT2D eigenvalue weighted by Gasteiger charge is -2.20. The second-order valence-corrected chi connectivity index (χ2v) is 6.95. The van der Waals surface area contributed by atoms with Gasteiger partial charge in [-0.15, -0.1) is 0 Å². The second-order valence-electron chi connectivity index (χ2n) is 6.95. The highest BCUT2D eigenvalue weighted by molar-refractivity contribution is 6.01. The summed E-state index contributed by atoms with van der Waals surface area (Å²) < 4.78 is 11.7. The van der Waals surface area contributed by atoms with Gasteiger partial charge in [-0.25, -0.2) is 14.3 Å². The van der Waals surface area contributed by atoms with Crippen molar-refractivity contribution in [2.45, 2.75) is 26.4 Å². The molecule has 1 heterocycles. The Morgan fingerprint density at radius 2 is 1.78 bits per heavy atom. The lowest BCUT2D eigenvalue weighted by atomic mass is 10.1. The summed E-state index contributed by atoms with van der Waals surface area (Å²) in [6.07, 6.45) is -0.585. The zero-order chi connectivity index (χ0) is 19.6. The number of nitrogens with zero attached hydrogens (tertiary/aromatic N) is 2. The first kappa shape index (κ1) is 18.4. The van der Waals surface area contributed by atoms with Crippen LogP contribution in [0.3, 0.4) is 0 Å². The van der Waals surface area contributed by atoms with E-state index in [1.807, 2.05) is 30.3 Å². The molecule has 0 spiro atoms. The lowest BCUT2D eigenvalue weighted by Crippen LogP contribution is -2.28. The maximum absolute atomic E-state index is 12.3. The molecular weight excluding hydrogens is 346 g/mol. The van der Waals surface area contributed by atoms with E-state index in [4.69, 9.17) is 9.47 Å². The van der Waals surface area contributed by atoms with E-state index < -0.39 is 17.7 Å². The van der Waals surface area contributed by atoms with Crippen LogP contribution in [0.25, 0.3) is 16.6 Å². The third kappa shape index (κ3) is 4.08. The van der Waals surface area contributed by atoms with Crippen molar-refractivity contribution in [1.82, 2.24) is 9.78 Å². The van der Waals surface area contributed by atoms with Gasteiger partial charge in [-0.2, -0.15) is 5.10 Å². The fourth-order valence-corrected chi connectivity index (χ4v) is 2.61. The van der Waals surface area contributed by atoms with Gasteiger partial charge >= 0.3 is 12.1 Å². The normalized spacial score (nSPS) is 11.3. The van der Waals surface area contributed by atoms with Crippen LogP contribution in [0, 0.1) is 0 Å². The number of carbonyl (C=O) groups excluding carboxylic acids is 2. The molecule has 0 fully saturated rings. The first-order valence-electron chi connectivity index (χ1n) is 8.45. The summed E-state index contributed by atoms with van der Waals surface area (Å²) in [6, 6.07) is 14.4. The molecule has 0 aliphatic rings. The number of aromatic nitrogens is 2. The van der Waals surface area contributed by atoms with Crippen molar-refractivity contribution in [2.75, 3.05) is 12.4 Å². The molecule has 0 saturated carbocycles. The number of nitrogens with one attached hydrogen (secondary N) is 1. The zero-order valence-electron chi connectivity index (χ0n) is 15.6. The first-order chi connectivity index (χ1) is 12.8. The van der Waals surface area contributed by atoms with Gasteiger partial charge in [0.05, 0.1) is 23.9 Å². The minimum Gasteiger partial charge on any atom is -0.465 e. The van der Waals surface area contributed by atoms with Crippen LogP contribution in [0.2, 0.25) is 0 Å². The van der Waals surface area contributed by atoms with Gasteiger partial charge in [-0.1, -0.05) is 18.2 Å². The summed E-state index contributed by atoms with van der Waals surface area (Å²) in [5.41, 5.74) is 1.06. The fraction of sp³-hybridized carbons (Fsp3) is 0.250.